The van der Waals surface area contributed by atoms with Crippen LogP contribution in [0.1, 0.15) is 74.5 Å². The molecule has 0 unspecified atom stereocenters. The van der Waals surface area contributed by atoms with Crippen LogP contribution in [0.3, 0.4) is 0 Å². The Morgan fingerprint density at radius 3 is 2.30 bits per heavy atom. The molecule has 0 bridgehead atoms. The van der Waals surface area contributed by atoms with Crippen LogP contribution >= 0.6 is 0 Å². The molecule has 0 saturated carbocycles. The second kappa shape index (κ2) is 13.8. The zero-order valence-electron chi connectivity index (χ0n) is 23.2. The lowest BCUT2D eigenvalue weighted by atomic mass is 9.89. The van der Waals surface area contributed by atoms with Gasteiger partial charge in [-0.1, -0.05) is 93.1 Å². The van der Waals surface area contributed by atoms with Gasteiger partial charge in [-0.05, 0) is 60.6 Å². The Balaban J connectivity index is 0.927. The highest BCUT2D eigenvalue weighted by Gasteiger charge is 2.18. The van der Waals surface area contributed by atoms with Crippen molar-refractivity contribution in [2.24, 2.45) is 0 Å². The molecular weight excluding hydrogens is 496 g/mol. The quantitative estimate of drug-likeness (QED) is 0.209. The van der Waals surface area contributed by atoms with Gasteiger partial charge >= 0.3 is 0 Å². The molecule has 0 radical (unpaired) electrons. The van der Waals surface area contributed by atoms with E-state index in [0.29, 0.717) is 17.7 Å². The topological polar surface area (TPSA) is 94.8 Å². The number of benzene rings is 2. The summed E-state index contributed by atoms with van der Waals surface area (Å²) in [5, 5.41) is 16.2. The first-order chi connectivity index (χ1) is 19.7. The Labute approximate surface area is 236 Å². The molecule has 40 heavy (non-hydrogen) atoms. The molecule has 208 valence electrons. The molecule has 0 spiro atoms. The van der Waals surface area contributed by atoms with Crippen molar-refractivity contribution >= 4 is 11.6 Å². The number of unbranched alkanes of at least 4 members (excludes halogenated alkanes) is 7. The molecular formula is C33H40N6O. The molecule has 1 aliphatic carbocycles. The van der Waals surface area contributed by atoms with Gasteiger partial charge in [-0.3, -0.25) is 21.1 Å². The molecule has 2 aliphatic rings. The van der Waals surface area contributed by atoms with E-state index in [1.54, 1.807) is 0 Å². The summed E-state index contributed by atoms with van der Waals surface area (Å²) in [6.45, 7) is 0.799. The molecule has 1 aliphatic heterocycles. The lowest BCUT2D eigenvalue weighted by molar-refractivity contribution is -0.120. The van der Waals surface area contributed by atoms with E-state index in [1.165, 1.54) is 36.0 Å². The van der Waals surface area contributed by atoms with Crippen molar-refractivity contribution < 1.29 is 4.79 Å². The van der Waals surface area contributed by atoms with Gasteiger partial charge in [0.25, 0.3) is 0 Å². The van der Waals surface area contributed by atoms with Crippen LogP contribution in [0.2, 0.25) is 0 Å². The van der Waals surface area contributed by atoms with Gasteiger partial charge in [-0.25, -0.2) is 4.68 Å². The number of allylic oxidation sites excluding steroid dienone is 2. The number of hydrazine groups is 1. The Morgan fingerprint density at radius 2 is 1.52 bits per heavy atom. The maximum absolute atomic E-state index is 12.3. The van der Waals surface area contributed by atoms with Gasteiger partial charge in [0.2, 0.25) is 5.91 Å². The minimum atomic E-state index is 0.0441. The maximum atomic E-state index is 12.3. The van der Waals surface area contributed by atoms with Crippen LogP contribution in [0.5, 0.6) is 0 Å². The molecule has 7 heteroatoms. The minimum Gasteiger partial charge on any atom is -0.311 e. The zero-order valence-corrected chi connectivity index (χ0v) is 23.2. The van der Waals surface area contributed by atoms with E-state index in [0.717, 1.165) is 68.4 Å². The summed E-state index contributed by atoms with van der Waals surface area (Å²) < 4.78 is 1.87. The third-order valence-corrected chi connectivity index (χ3v) is 7.68. The first-order valence-electron chi connectivity index (χ1n) is 14.7. The number of aromatic nitrogens is 2. The number of amides is 1. The van der Waals surface area contributed by atoms with E-state index < -0.39 is 0 Å². The smallest absolute Gasteiger partial charge is 0.225 e. The third-order valence-electron chi connectivity index (χ3n) is 7.68. The van der Waals surface area contributed by atoms with Gasteiger partial charge in [0.1, 0.15) is 11.3 Å². The highest BCUT2D eigenvalue weighted by molar-refractivity contribution is 5.78. The highest BCUT2D eigenvalue weighted by atomic mass is 16.1. The lowest BCUT2D eigenvalue weighted by Crippen LogP contribution is -2.40. The highest BCUT2D eigenvalue weighted by Crippen LogP contribution is 2.30. The number of aryl methyl sites for hydroxylation is 3. The molecule has 0 fully saturated rings. The number of hydrogen-bond donors (Lipinski definition) is 4. The predicted molar refractivity (Wildman–Crippen MR) is 159 cm³/mol. The van der Waals surface area contributed by atoms with Crippen LogP contribution in [0, 0.1) is 5.41 Å². The predicted octanol–water partition coefficient (Wildman–Crippen LogP) is 5.75. The molecule has 4 N–H and O–H groups in total. The van der Waals surface area contributed by atoms with Gasteiger partial charge in [0.15, 0.2) is 0 Å². The summed E-state index contributed by atoms with van der Waals surface area (Å²) in [6.07, 6.45) is 15.4. The Hall–Kier alpha value is -4.13. The van der Waals surface area contributed by atoms with Crippen molar-refractivity contribution in [3.05, 3.63) is 101 Å². The zero-order chi connectivity index (χ0) is 27.6. The number of nitrogens with one attached hydrogen (secondary N) is 4. The molecule has 7 nitrogen and oxygen atoms in total. The van der Waals surface area contributed by atoms with Crippen molar-refractivity contribution in [2.45, 2.75) is 77.2 Å². The average molecular weight is 537 g/mol. The molecule has 0 atom stereocenters. The Bertz CT molecular complexity index is 1420. The molecule has 5 rings (SSSR count). The van der Waals surface area contributed by atoms with Gasteiger partial charge in [-0.2, -0.15) is 5.10 Å². The SMILES string of the molecule is N=c1cc2c(nn1CCCCCCCCCCC(=O)NC1=CC=C(c3ccccc3)NN1)-c1ccccc1CC2. The largest absolute Gasteiger partial charge is 0.311 e. The van der Waals surface area contributed by atoms with Crippen LogP contribution in [-0.4, -0.2) is 15.7 Å². The van der Waals surface area contributed by atoms with E-state index >= 15 is 0 Å². The first kappa shape index (κ1) is 27.4. The number of fused-ring (bicyclic) bond motifs is 3. The van der Waals surface area contributed by atoms with E-state index in [9.17, 15) is 4.79 Å². The normalized spacial score (nSPS) is 13.7. The fraction of sp³-hybridized carbons (Fsp3) is 0.364. The third kappa shape index (κ3) is 7.29. The Kier molecular flexibility index (Phi) is 9.46. The number of carbonyl (C=O) groups is 1. The fourth-order valence-electron chi connectivity index (χ4n) is 5.44. The van der Waals surface area contributed by atoms with Gasteiger partial charge in [-0.15, -0.1) is 0 Å². The Morgan fingerprint density at radius 1 is 0.825 bits per heavy atom. The summed E-state index contributed by atoms with van der Waals surface area (Å²) >= 11 is 0. The number of hydrogen-bond acceptors (Lipinski definition) is 5. The van der Waals surface area contributed by atoms with E-state index in [4.69, 9.17) is 10.5 Å². The molecule has 1 amide bonds. The lowest BCUT2D eigenvalue weighted by Gasteiger charge is -2.20. The molecule has 0 saturated heterocycles. The van der Waals surface area contributed by atoms with Crippen molar-refractivity contribution in [3.8, 4) is 11.3 Å². The van der Waals surface area contributed by atoms with Crippen molar-refractivity contribution in [2.75, 3.05) is 0 Å². The maximum Gasteiger partial charge on any atom is 0.225 e. The van der Waals surface area contributed by atoms with E-state index in [1.807, 2.05) is 53.2 Å². The van der Waals surface area contributed by atoms with E-state index in [-0.39, 0.29) is 5.91 Å². The van der Waals surface area contributed by atoms with Crippen LogP contribution in [-0.2, 0) is 24.2 Å². The van der Waals surface area contributed by atoms with Crippen LogP contribution in [0.4, 0.5) is 0 Å². The van der Waals surface area contributed by atoms with Gasteiger partial charge in [0.05, 0.1) is 11.4 Å². The molecule has 2 aromatic carbocycles. The van der Waals surface area contributed by atoms with Gasteiger partial charge in [0, 0.05) is 18.5 Å². The average Bonchev–Trinajstić information content (AvgIpc) is 2.99. The fourth-order valence-corrected chi connectivity index (χ4v) is 5.44. The summed E-state index contributed by atoms with van der Waals surface area (Å²) in [6, 6.07) is 20.6. The van der Waals surface area contributed by atoms with Crippen LogP contribution < -0.4 is 21.7 Å². The van der Waals surface area contributed by atoms with Gasteiger partial charge < -0.3 is 5.32 Å². The number of rotatable bonds is 13. The van der Waals surface area contributed by atoms with Crippen LogP contribution in [0.15, 0.2) is 78.6 Å². The molecule has 3 aromatic rings. The standard InChI is InChI=1S/C33H40N6O/c34-30-24-27-20-19-25-14-11-12-17-28(25)33(27)38-39(30)23-13-6-4-2-1-3-5-10-18-32(40)35-31-22-21-29(36-37-31)26-15-8-7-9-16-26/h7-9,11-12,14-17,21-22,24,34,36-37H,1-6,10,13,18-20,23H2,(H,35,40). The minimum absolute atomic E-state index is 0.0441. The second-order valence-corrected chi connectivity index (χ2v) is 10.7. The van der Waals surface area contributed by atoms with E-state index in [2.05, 4.69) is 40.4 Å². The van der Waals surface area contributed by atoms with Crippen molar-refractivity contribution in [3.63, 3.8) is 0 Å². The monoisotopic (exact) mass is 536 g/mol. The summed E-state index contributed by atoms with van der Waals surface area (Å²) in [5.74, 6) is 0.721. The van der Waals surface area contributed by atoms with Crippen LogP contribution in [0.25, 0.3) is 17.0 Å². The second-order valence-electron chi connectivity index (χ2n) is 10.7. The summed E-state index contributed by atoms with van der Waals surface area (Å²) in [4.78, 5) is 12.3. The molecule has 1 aromatic heterocycles. The number of nitrogens with zero attached hydrogens (tertiary/aromatic N) is 2. The van der Waals surface area contributed by atoms with Crippen molar-refractivity contribution in [1.29, 1.82) is 5.41 Å². The summed E-state index contributed by atoms with van der Waals surface area (Å²) in [7, 11) is 0. The number of carbonyl (C=O) groups excluding carboxylic acids is 1. The first-order valence-corrected chi connectivity index (χ1v) is 14.7. The summed E-state index contributed by atoms with van der Waals surface area (Å²) in [5.41, 5.74) is 13.6. The van der Waals surface area contributed by atoms with Crippen molar-refractivity contribution in [1.82, 2.24) is 25.9 Å². The molecule has 2 heterocycles.